The number of rotatable bonds is 7. The van der Waals surface area contributed by atoms with E-state index in [2.05, 4.69) is 43.1 Å². The summed E-state index contributed by atoms with van der Waals surface area (Å²) in [4.78, 5) is 15.6. The van der Waals surface area contributed by atoms with Crippen LogP contribution in [0.5, 0.6) is 17.2 Å². The quantitative estimate of drug-likeness (QED) is 0.503. The molecule has 6 rings (SSSR count). The normalized spacial score (nSPS) is 28.5. The molecule has 2 aromatic carbocycles. The van der Waals surface area contributed by atoms with Crippen LogP contribution in [0.15, 0.2) is 36.4 Å². The number of carbonyl (C=O) groups excluding carboxylic acids is 1. The van der Waals surface area contributed by atoms with Gasteiger partial charge in [0.25, 0.3) is 0 Å². The summed E-state index contributed by atoms with van der Waals surface area (Å²) in [5.41, 5.74) is 3.72. The molecule has 2 aliphatic carbocycles. The van der Waals surface area contributed by atoms with Crippen molar-refractivity contribution in [1.29, 1.82) is 0 Å². The molecular formula is C28H36ClNO5. The van der Waals surface area contributed by atoms with E-state index in [0.717, 1.165) is 25.7 Å². The molecule has 0 N–H and O–H groups in total. The summed E-state index contributed by atoms with van der Waals surface area (Å²) >= 11 is 0. The molecule has 35 heavy (non-hydrogen) atoms. The number of benzene rings is 2. The van der Waals surface area contributed by atoms with Gasteiger partial charge in [-0.05, 0) is 61.9 Å². The zero-order chi connectivity index (χ0) is 24.0. The first-order valence-corrected chi connectivity index (χ1v) is 12.2. The largest absolute Gasteiger partial charge is 0.493 e. The van der Waals surface area contributed by atoms with Gasteiger partial charge < -0.3 is 18.9 Å². The lowest BCUT2D eigenvalue weighted by Gasteiger charge is -2.65. The molecule has 1 saturated carbocycles. The van der Waals surface area contributed by atoms with Crippen LogP contribution in [-0.2, 0) is 16.6 Å². The van der Waals surface area contributed by atoms with Crippen molar-refractivity contribution in [3.8, 4) is 17.2 Å². The molecule has 7 heteroatoms. The molecule has 0 amide bonds. The first kappa shape index (κ1) is 25.6. The van der Waals surface area contributed by atoms with Gasteiger partial charge >= 0.3 is 5.97 Å². The Labute approximate surface area is 214 Å². The molecule has 0 aromatic heterocycles. The number of ether oxygens (including phenoxy) is 4. The number of hydrogen-bond donors (Lipinski definition) is 0. The van der Waals surface area contributed by atoms with Gasteiger partial charge in [0, 0.05) is 23.4 Å². The molecule has 3 fully saturated rings. The summed E-state index contributed by atoms with van der Waals surface area (Å²) in [6.07, 6.45) is 4.51. The zero-order valence-corrected chi connectivity index (χ0v) is 22.0. The fourth-order valence-electron chi connectivity index (χ4n) is 7.18. The molecule has 4 aliphatic rings. The van der Waals surface area contributed by atoms with Crippen molar-refractivity contribution >= 4 is 18.4 Å². The Bertz CT molecular complexity index is 1070. The van der Waals surface area contributed by atoms with Crippen LogP contribution in [0.4, 0.5) is 0 Å². The van der Waals surface area contributed by atoms with Crippen molar-refractivity contribution in [2.75, 3.05) is 35.0 Å². The third kappa shape index (κ3) is 3.95. The van der Waals surface area contributed by atoms with Crippen LogP contribution in [0, 0.1) is 11.8 Å². The number of carbonyl (C=O) groups is 1. The minimum Gasteiger partial charge on any atom is -0.493 e. The Morgan fingerprint density at radius 2 is 1.74 bits per heavy atom. The van der Waals surface area contributed by atoms with Crippen molar-refractivity contribution < 1.29 is 23.7 Å². The van der Waals surface area contributed by atoms with Crippen LogP contribution in [0.3, 0.4) is 0 Å². The molecular weight excluding hydrogens is 466 g/mol. The van der Waals surface area contributed by atoms with Gasteiger partial charge in [-0.25, -0.2) is 4.79 Å². The maximum Gasteiger partial charge on any atom is 0.338 e. The molecule has 4 bridgehead atoms. The second-order valence-electron chi connectivity index (χ2n) is 9.99. The Morgan fingerprint density at radius 3 is 2.37 bits per heavy atom. The Balaban J connectivity index is 0.00000289. The first-order valence-electron chi connectivity index (χ1n) is 12.2. The highest BCUT2D eigenvalue weighted by Gasteiger charge is 2.59. The van der Waals surface area contributed by atoms with Gasteiger partial charge in [-0.3, -0.25) is 4.90 Å². The zero-order valence-electron chi connectivity index (χ0n) is 21.2. The fourth-order valence-corrected chi connectivity index (χ4v) is 7.18. The van der Waals surface area contributed by atoms with Gasteiger partial charge in [-0.15, -0.1) is 12.4 Å². The van der Waals surface area contributed by atoms with Gasteiger partial charge in [-0.2, -0.15) is 0 Å². The highest BCUT2D eigenvalue weighted by Crippen LogP contribution is 2.59. The predicted octanol–water partition coefficient (Wildman–Crippen LogP) is 4.90. The Hall–Kier alpha value is -2.44. The molecule has 2 aliphatic heterocycles. The number of nitrogens with zero attached hydrogens (tertiary/aromatic N) is 1. The van der Waals surface area contributed by atoms with Gasteiger partial charge in [0.1, 0.15) is 0 Å². The molecule has 0 radical (unpaired) electrons. The van der Waals surface area contributed by atoms with E-state index in [9.17, 15) is 4.79 Å². The summed E-state index contributed by atoms with van der Waals surface area (Å²) in [7, 11) is 6.89. The lowest BCUT2D eigenvalue weighted by Crippen LogP contribution is -2.68. The van der Waals surface area contributed by atoms with Crippen molar-refractivity contribution in [2.24, 2.45) is 11.8 Å². The Morgan fingerprint density at radius 1 is 1.06 bits per heavy atom. The summed E-state index contributed by atoms with van der Waals surface area (Å²) in [6, 6.07) is 13.3. The lowest BCUT2D eigenvalue weighted by molar-refractivity contribution is -0.107. The summed E-state index contributed by atoms with van der Waals surface area (Å²) < 4.78 is 22.0. The highest BCUT2D eigenvalue weighted by molar-refractivity contribution is 5.91. The van der Waals surface area contributed by atoms with Crippen molar-refractivity contribution in [3.05, 3.63) is 53.1 Å². The molecule has 2 saturated heterocycles. The van der Waals surface area contributed by atoms with E-state index in [4.69, 9.17) is 18.9 Å². The van der Waals surface area contributed by atoms with E-state index in [1.807, 2.05) is 0 Å². The molecule has 2 heterocycles. The van der Waals surface area contributed by atoms with Crippen molar-refractivity contribution in [2.45, 2.75) is 50.1 Å². The van der Waals surface area contributed by atoms with Crippen LogP contribution < -0.4 is 14.2 Å². The standard InChI is InChI=1S/C28H35NO5.ClH/c1-6-28-15-23-19(11-21(28)22(29(23)2)12-17-9-7-8-10-20(17)28)16-34-27(30)18-13-24(31-3)26(33-5)25(14-18)32-4;/h7-10,13-14,19,21-23H,6,11-12,15-16H2,1-5H3;1H. The molecule has 2 aromatic rings. The van der Waals surface area contributed by atoms with Crippen molar-refractivity contribution in [3.63, 3.8) is 0 Å². The van der Waals surface area contributed by atoms with E-state index in [1.54, 1.807) is 39.0 Å². The average molecular weight is 502 g/mol. The van der Waals surface area contributed by atoms with E-state index in [-0.39, 0.29) is 23.8 Å². The number of piperidine rings is 2. The van der Waals surface area contributed by atoms with Crippen molar-refractivity contribution in [1.82, 2.24) is 4.90 Å². The average Bonchev–Trinajstić information content (AvgIpc) is 2.88. The van der Waals surface area contributed by atoms with E-state index < -0.39 is 0 Å². The lowest BCUT2D eigenvalue weighted by atomic mass is 9.48. The van der Waals surface area contributed by atoms with Crippen LogP contribution in [0.2, 0.25) is 0 Å². The van der Waals surface area contributed by atoms with Gasteiger partial charge in [0.2, 0.25) is 5.75 Å². The first-order chi connectivity index (χ1) is 16.5. The second-order valence-corrected chi connectivity index (χ2v) is 9.99. The number of fused-ring (bicyclic) bond motifs is 2. The van der Waals surface area contributed by atoms with Crippen LogP contribution in [0.25, 0.3) is 0 Å². The number of hydrogen-bond acceptors (Lipinski definition) is 6. The minimum atomic E-state index is -0.362. The monoisotopic (exact) mass is 501 g/mol. The predicted molar refractivity (Wildman–Crippen MR) is 137 cm³/mol. The van der Waals surface area contributed by atoms with Crippen LogP contribution in [-0.4, -0.2) is 57.9 Å². The third-order valence-corrected chi connectivity index (χ3v) is 8.84. The topological polar surface area (TPSA) is 57.2 Å². The Kier molecular flexibility index (Phi) is 7.26. The summed E-state index contributed by atoms with van der Waals surface area (Å²) in [6.45, 7) is 2.77. The highest BCUT2D eigenvalue weighted by atomic mass is 35.5. The second kappa shape index (κ2) is 9.90. The number of methoxy groups -OCH3 is 3. The third-order valence-electron chi connectivity index (χ3n) is 8.84. The van der Waals surface area contributed by atoms with E-state index in [1.165, 1.54) is 5.56 Å². The number of likely N-dealkylation sites (N-methyl/N-ethyl adjacent to an activating group) is 1. The number of esters is 1. The van der Waals surface area contributed by atoms with Gasteiger partial charge in [0.15, 0.2) is 11.5 Å². The van der Waals surface area contributed by atoms with Crippen LogP contribution >= 0.6 is 12.4 Å². The van der Waals surface area contributed by atoms with Gasteiger partial charge in [-0.1, -0.05) is 31.2 Å². The smallest absolute Gasteiger partial charge is 0.338 e. The van der Waals surface area contributed by atoms with Gasteiger partial charge in [0.05, 0.1) is 33.5 Å². The maximum atomic E-state index is 13.0. The summed E-state index contributed by atoms with van der Waals surface area (Å²) in [5, 5.41) is 0. The van der Waals surface area contributed by atoms with E-state index >= 15 is 0 Å². The maximum absolute atomic E-state index is 13.0. The minimum absolute atomic E-state index is 0. The SMILES string of the molecule is CCC12CC3C(COC(=O)c4cc(OC)c(OC)c(OC)c4)CC1C(Cc1ccccc12)N3C.Cl. The summed E-state index contributed by atoms with van der Waals surface area (Å²) in [5.74, 6) is 1.92. The number of halogens is 1. The van der Waals surface area contributed by atoms with E-state index in [0.29, 0.717) is 53.3 Å². The van der Waals surface area contributed by atoms with Crippen LogP contribution in [0.1, 0.15) is 47.7 Å². The molecule has 6 nitrogen and oxygen atoms in total. The molecule has 190 valence electrons. The molecule has 5 atom stereocenters. The molecule has 5 unspecified atom stereocenters. The molecule has 0 spiro atoms. The fraction of sp³-hybridized carbons (Fsp3) is 0.536.